The summed E-state index contributed by atoms with van der Waals surface area (Å²) in [6.45, 7) is 1.53. The summed E-state index contributed by atoms with van der Waals surface area (Å²) in [6.07, 6.45) is 3.79. The van der Waals surface area contributed by atoms with Crippen molar-refractivity contribution in [3.8, 4) is 0 Å². The third-order valence-corrected chi connectivity index (χ3v) is 4.36. The lowest BCUT2D eigenvalue weighted by molar-refractivity contribution is -0.123. The maximum atomic E-state index is 12.1. The number of nitrogens with two attached hydrogens (primary N) is 1. The Bertz CT molecular complexity index is 643. The minimum absolute atomic E-state index is 0.0920. The summed E-state index contributed by atoms with van der Waals surface area (Å²) in [4.78, 5) is 12.1. The van der Waals surface area contributed by atoms with Crippen LogP contribution >= 0.6 is 0 Å². The standard InChI is InChI=1S/C14H21N3O3S/c1-9(17-21(2,19)20)14(18)16-13-5-3-4-10-8-11(15)6-7-12(10)13/h6-9,13,17H,3-5,15H2,1-2H3,(H,16,18). The molecule has 0 heterocycles. The predicted molar refractivity (Wildman–Crippen MR) is 82.1 cm³/mol. The van der Waals surface area contributed by atoms with Gasteiger partial charge in [-0.25, -0.2) is 13.1 Å². The van der Waals surface area contributed by atoms with Crippen LogP contribution in [-0.2, 0) is 21.2 Å². The molecule has 21 heavy (non-hydrogen) atoms. The van der Waals surface area contributed by atoms with E-state index in [2.05, 4.69) is 10.0 Å². The zero-order valence-electron chi connectivity index (χ0n) is 12.2. The Labute approximate surface area is 125 Å². The number of fused-ring (bicyclic) bond motifs is 1. The molecule has 1 aliphatic rings. The second-order valence-corrected chi connectivity index (χ2v) is 7.30. The summed E-state index contributed by atoms with van der Waals surface area (Å²) < 4.78 is 24.6. The number of aryl methyl sites for hydroxylation is 1. The van der Waals surface area contributed by atoms with Gasteiger partial charge < -0.3 is 11.1 Å². The Kier molecular flexibility index (Phi) is 4.53. The lowest BCUT2D eigenvalue weighted by Gasteiger charge is -2.27. The molecule has 4 N–H and O–H groups in total. The second kappa shape index (κ2) is 6.03. The van der Waals surface area contributed by atoms with Crippen molar-refractivity contribution in [1.82, 2.24) is 10.0 Å². The quantitative estimate of drug-likeness (QED) is 0.712. The van der Waals surface area contributed by atoms with E-state index in [1.165, 1.54) is 6.92 Å². The summed E-state index contributed by atoms with van der Waals surface area (Å²) in [5.41, 5.74) is 8.71. The van der Waals surface area contributed by atoms with Gasteiger partial charge in [-0.2, -0.15) is 0 Å². The van der Waals surface area contributed by atoms with Crippen LogP contribution in [0, 0.1) is 0 Å². The lowest BCUT2D eigenvalue weighted by atomic mass is 9.87. The van der Waals surface area contributed by atoms with Gasteiger partial charge in [0.15, 0.2) is 0 Å². The number of nitrogens with one attached hydrogen (secondary N) is 2. The molecule has 0 radical (unpaired) electrons. The van der Waals surface area contributed by atoms with Crippen LogP contribution in [0.25, 0.3) is 0 Å². The average molecular weight is 311 g/mol. The molecule has 1 amide bonds. The molecule has 2 unspecified atom stereocenters. The number of hydrogen-bond acceptors (Lipinski definition) is 4. The van der Waals surface area contributed by atoms with Gasteiger partial charge in [0, 0.05) is 5.69 Å². The van der Waals surface area contributed by atoms with Crippen molar-refractivity contribution in [3.63, 3.8) is 0 Å². The van der Waals surface area contributed by atoms with E-state index < -0.39 is 16.1 Å². The molecular weight excluding hydrogens is 290 g/mol. The molecule has 0 spiro atoms. The van der Waals surface area contributed by atoms with Gasteiger partial charge in [-0.15, -0.1) is 0 Å². The van der Waals surface area contributed by atoms with Gasteiger partial charge in [-0.05, 0) is 49.4 Å². The average Bonchev–Trinajstić information content (AvgIpc) is 2.36. The van der Waals surface area contributed by atoms with Crippen molar-refractivity contribution >= 4 is 21.6 Å². The highest BCUT2D eigenvalue weighted by molar-refractivity contribution is 7.88. The van der Waals surface area contributed by atoms with E-state index in [9.17, 15) is 13.2 Å². The summed E-state index contributed by atoms with van der Waals surface area (Å²) in [5.74, 6) is -0.324. The van der Waals surface area contributed by atoms with E-state index in [0.717, 1.165) is 36.6 Å². The topological polar surface area (TPSA) is 101 Å². The van der Waals surface area contributed by atoms with Crippen molar-refractivity contribution < 1.29 is 13.2 Å². The Morgan fingerprint density at radius 3 is 2.81 bits per heavy atom. The van der Waals surface area contributed by atoms with Crippen LogP contribution in [0.3, 0.4) is 0 Å². The Morgan fingerprint density at radius 1 is 1.43 bits per heavy atom. The van der Waals surface area contributed by atoms with Gasteiger partial charge in [-0.1, -0.05) is 6.07 Å². The molecule has 1 aromatic rings. The number of nitrogen functional groups attached to an aromatic ring is 1. The largest absolute Gasteiger partial charge is 0.399 e. The maximum absolute atomic E-state index is 12.1. The first-order chi connectivity index (χ1) is 9.76. The van der Waals surface area contributed by atoms with Crippen molar-refractivity contribution in [2.45, 2.75) is 38.3 Å². The number of carbonyl (C=O) groups excluding carboxylic acids is 1. The summed E-state index contributed by atoms with van der Waals surface area (Å²) in [6, 6.07) is 4.81. The molecule has 116 valence electrons. The molecule has 0 saturated heterocycles. The lowest BCUT2D eigenvalue weighted by Crippen LogP contribution is -2.45. The van der Waals surface area contributed by atoms with E-state index in [0.29, 0.717) is 5.69 Å². The number of carbonyl (C=O) groups is 1. The first-order valence-electron chi connectivity index (χ1n) is 6.92. The van der Waals surface area contributed by atoms with Crippen LogP contribution in [0.1, 0.15) is 36.9 Å². The number of amides is 1. The number of hydrogen-bond donors (Lipinski definition) is 3. The van der Waals surface area contributed by atoms with Gasteiger partial charge in [0.25, 0.3) is 0 Å². The van der Waals surface area contributed by atoms with Gasteiger partial charge in [-0.3, -0.25) is 4.79 Å². The minimum Gasteiger partial charge on any atom is -0.399 e. The van der Waals surface area contributed by atoms with Crippen molar-refractivity contribution in [2.75, 3.05) is 12.0 Å². The van der Waals surface area contributed by atoms with Crippen molar-refractivity contribution in [1.29, 1.82) is 0 Å². The smallest absolute Gasteiger partial charge is 0.238 e. The van der Waals surface area contributed by atoms with Gasteiger partial charge in [0.1, 0.15) is 0 Å². The molecule has 2 atom stereocenters. The molecule has 0 bridgehead atoms. The van der Waals surface area contributed by atoms with Gasteiger partial charge in [0.05, 0.1) is 18.3 Å². The number of benzene rings is 1. The van der Waals surface area contributed by atoms with E-state index in [1.54, 1.807) is 0 Å². The predicted octanol–water partition coefficient (Wildman–Crippen LogP) is 0.700. The molecule has 0 aliphatic heterocycles. The zero-order chi connectivity index (χ0) is 15.6. The monoisotopic (exact) mass is 311 g/mol. The fourth-order valence-corrected chi connectivity index (χ4v) is 3.40. The summed E-state index contributed by atoms with van der Waals surface area (Å²) >= 11 is 0. The van der Waals surface area contributed by atoms with Crippen LogP contribution in [0.15, 0.2) is 18.2 Å². The normalized spacial score (nSPS) is 19.6. The van der Waals surface area contributed by atoms with Crippen molar-refractivity contribution in [2.24, 2.45) is 0 Å². The number of anilines is 1. The van der Waals surface area contributed by atoms with Crippen LogP contribution in [0.5, 0.6) is 0 Å². The van der Waals surface area contributed by atoms with Gasteiger partial charge >= 0.3 is 0 Å². The first kappa shape index (κ1) is 15.8. The Morgan fingerprint density at radius 2 is 2.14 bits per heavy atom. The van der Waals surface area contributed by atoms with Crippen LogP contribution < -0.4 is 15.8 Å². The van der Waals surface area contributed by atoms with E-state index in [4.69, 9.17) is 5.73 Å². The fraction of sp³-hybridized carbons (Fsp3) is 0.500. The van der Waals surface area contributed by atoms with Gasteiger partial charge in [0.2, 0.25) is 15.9 Å². The second-order valence-electron chi connectivity index (χ2n) is 5.52. The first-order valence-corrected chi connectivity index (χ1v) is 8.81. The molecule has 7 heteroatoms. The molecule has 6 nitrogen and oxygen atoms in total. The van der Waals surface area contributed by atoms with E-state index in [1.807, 2.05) is 18.2 Å². The number of rotatable bonds is 4. The molecule has 2 rings (SSSR count). The summed E-state index contributed by atoms with van der Waals surface area (Å²) in [5, 5.41) is 2.91. The molecular formula is C14H21N3O3S. The molecule has 1 aliphatic carbocycles. The third kappa shape index (κ3) is 4.18. The van der Waals surface area contributed by atoms with Crippen molar-refractivity contribution in [3.05, 3.63) is 29.3 Å². The molecule has 0 saturated carbocycles. The minimum atomic E-state index is -3.40. The summed E-state index contributed by atoms with van der Waals surface area (Å²) in [7, 11) is -3.40. The third-order valence-electron chi connectivity index (χ3n) is 3.58. The molecule has 1 aromatic carbocycles. The highest BCUT2D eigenvalue weighted by Crippen LogP contribution is 2.30. The van der Waals surface area contributed by atoms with Crippen LogP contribution in [0.2, 0.25) is 0 Å². The SMILES string of the molecule is CC(NS(C)(=O)=O)C(=O)NC1CCCc2cc(N)ccc21. The highest BCUT2D eigenvalue weighted by Gasteiger charge is 2.25. The zero-order valence-corrected chi connectivity index (χ0v) is 13.0. The van der Waals surface area contributed by atoms with E-state index in [-0.39, 0.29) is 11.9 Å². The Balaban J connectivity index is 2.09. The van der Waals surface area contributed by atoms with Crippen LogP contribution in [-0.4, -0.2) is 26.6 Å². The molecule has 0 aromatic heterocycles. The Hall–Kier alpha value is -1.60. The van der Waals surface area contributed by atoms with Crippen LogP contribution in [0.4, 0.5) is 5.69 Å². The highest BCUT2D eigenvalue weighted by atomic mass is 32.2. The van der Waals surface area contributed by atoms with E-state index >= 15 is 0 Å². The fourth-order valence-electron chi connectivity index (χ4n) is 2.66. The number of sulfonamides is 1. The molecule has 0 fully saturated rings. The maximum Gasteiger partial charge on any atom is 0.238 e.